The van der Waals surface area contributed by atoms with Crippen LogP contribution in [0.5, 0.6) is 0 Å². The van der Waals surface area contributed by atoms with Gasteiger partial charge >= 0.3 is 0 Å². The van der Waals surface area contributed by atoms with Crippen LogP contribution in [0.25, 0.3) is 32.0 Å². The second-order valence-electron chi connectivity index (χ2n) is 3.89. The minimum Gasteiger partial charge on any atom is -0.354 e. The SMILES string of the molecule is c1ccc2c(c1)[nH]c1cc3ncsc3cc12. The normalized spacial score (nSPS) is 11.8. The highest BCUT2D eigenvalue weighted by molar-refractivity contribution is 7.16. The fraction of sp³-hybridized carbons (Fsp3) is 0. The molecule has 2 aromatic heterocycles. The summed E-state index contributed by atoms with van der Waals surface area (Å²) in [5.41, 5.74) is 5.32. The number of benzene rings is 2. The van der Waals surface area contributed by atoms with E-state index in [1.54, 1.807) is 11.3 Å². The van der Waals surface area contributed by atoms with E-state index in [2.05, 4.69) is 46.4 Å². The van der Waals surface area contributed by atoms with Crippen molar-refractivity contribution in [2.24, 2.45) is 0 Å². The Bertz CT molecular complexity index is 810. The van der Waals surface area contributed by atoms with Crippen molar-refractivity contribution >= 4 is 43.4 Å². The van der Waals surface area contributed by atoms with Gasteiger partial charge < -0.3 is 4.98 Å². The van der Waals surface area contributed by atoms with E-state index in [1.165, 1.54) is 26.5 Å². The van der Waals surface area contributed by atoms with Gasteiger partial charge in [0.2, 0.25) is 0 Å². The van der Waals surface area contributed by atoms with E-state index in [-0.39, 0.29) is 0 Å². The monoisotopic (exact) mass is 224 g/mol. The third-order valence-corrected chi connectivity index (χ3v) is 3.75. The van der Waals surface area contributed by atoms with Crippen molar-refractivity contribution in [3.63, 3.8) is 0 Å². The fourth-order valence-electron chi connectivity index (χ4n) is 2.20. The van der Waals surface area contributed by atoms with Crippen molar-refractivity contribution < 1.29 is 0 Å². The first-order chi connectivity index (χ1) is 7.92. The van der Waals surface area contributed by atoms with Crippen LogP contribution in [0, 0.1) is 0 Å². The van der Waals surface area contributed by atoms with Crippen LogP contribution < -0.4 is 0 Å². The summed E-state index contributed by atoms with van der Waals surface area (Å²) in [7, 11) is 0. The number of hydrogen-bond acceptors (Lipinski definition) is 2. The first kappa shape index (κ1) is 8.30. The van der Waals surface area contributed by atoms with Gasteiger partial charge in [0.1, 0.15) is 0 Å². The molecule has 0 bridgehead atoms. The fourth-order valence-corrected chi connectivity index (χ4v) is 2.90. The maximum atomic E-state index is 4.34. The molecular formula is C13H8N2S. The van der Waals surface area contributed by atoms with E-state index >= 15 is 0 Å². The number of aromatic amines is 1. The molecule has 76 valence electrons. The molecule has 0 spiro atoms. The number of nitrogens with zero attached hydrogens (tertiary/aromatic N) is 1. The van der Waals surface area contributed by atoms with Crippen molar-refractivity contribution in [1.29, 1.82) is 0 Å². The minimum atomic E-state index is 1.07. The Morgan fingerprint density at radius 1 is 1.00 bits per heavy atom. The molecule has 4 rings (SSSR count). The molecule has 3 heteroatoms. The zero-order valence-electron chi connectivity index (χ0n) is 8.40. The molecule has 0 aliphatic carbocycles. The Labute approximate surface area is 95.5 Å². The molecule has 0 amide bonds. The summed E-state index contributed by atoms with van der Waals surface area (Å²) in [5, 5.41) is 2.57. The zero-order chi connectivity index (χ0) is 10.5. The van der Waals surface area contributed by atoms with Crippen LogP contribution >= 0.6 is 11.3 Å². The molecule has 0 atom stereocenters. The summed E-state index contributed by atoms with van der Waals surface area (Å²) >= 11 is 1.69. The molecule has 0 aliphatic heterocycles. The van der Waals surface area contributed by atoms with Gasteiger partial charge in [-0.05, 0) is 18.2 Å². The maximum absolute atomic E-state index is 4.34. The van der Waals surface area contributed by atoms with Crippen molar-refractivity contribution in [2.75, 3.05) is 0 Å². The minimum absolute atomic E-state index is 1.07. The van der Waals surface area contributed by atoms with Crippen molar-refractivity contribution in [1.82, 2.24) is 9.97 Å². The number of aromatic nitrogens is 2. The Kier molecular flexibility index (Phi) is 1.47. The average molecular weight is 224 g/mol. The van der Waals surface area contributed by atoms with Gasteiger partial charge in [0.25, 0.3) is 0 Å². The highest BCUT2D eigenvalue weighted by Crippen LogP contribution is 2.30. The van der Waals surface area contributed by atoms with Gasteiger partial charge in [-0.2, -0.15) is 0 Å². The second-order valence-corrected chi connectivity index (χ2v) is 4.77. The molecule has 16 heavy (non-hydrogen) atoms. The lowest BCUT2D eigenvalue weighted by atomic mass is 10.1. The maximum Gasteiger partial charge on any atom is 0.0833 e. The molecule has 0 saturated heterocycles. The quantitative estimate of drug-likeness (QED) is 0.481. The van der Waals surface area contributed by atoms with Gasteiger partial charge in [-0.25, -0.2) is 4.98 Å². The molecule has 0 aliphatic rings. The lowest BCUT2D eigenvalue weighted by Gasteiger charge is -1.91. The molecule has 4 aromatic rings. The number of para-hydroxylation sites is 1. The van der Waals surface area contributed by atoms with E-state index in [4.69, 9.17) is 0 Å². The van der Waals surface area contributed by atoms with Crippen LogP contribution in [-0.4, -0.2) is 9.97 Å². The summed E-state index contributed by atoms with van der Waals surface area (Å²) in [6.45, 7) is 0. The molecule has 2 nitrogen and oxygen atoms in total. The standard InChI is InChI=1S/C13H8N2S/c1-2-4-10-8(3-1)9-5-13-12(14-7-16-13)6-11(9)15-10/h1-7,15H. The van der Waals surface area contributed by atoms with Gasteiger partial charge in [0, 0.05) is 21.8 Å². The molecule has 1 N–H and O–H groups in total. The lowest BCUT2D eigenvalue weighted by molar-refractivity contribution is 1.49. The van der Waals surface area contributed by atoms with E-state index in [0.29, 0.717) is 0 Å². The average Bonchev–Trinajstić information content (AvgIpc) is 2.88. The molecule has 0 saturated carbocycles. The Hall–Kier alpha value is -1.87. The predicted octanol–water partition coefficient (Wildman–Crippen LogP) is 3.93. The molecule has 0 fully saturated rings. The molecular weight excluding hydrogens is 216 g/mol. The number of nitrogens with one attached hydrogen (secondary N) is 1. The summed E-state index contributed by atoms with van der Waals surface area (Å²) in [5.74, 6) is 0. The second kappa shape index (κ2) is 2.83. The van der Waals surface area contributed by atoms with E-state index in [1.807, 2.05) is 5.51 Å². The number of hydrogen-bond donors (Lipinski definition) is 1. The van der Waals surface area contributed by atoms with Crippen LogP contribution in [0.15, 0.2) is 41.9 Å². The van der Waals surface area contributed by atoms with Crippen molar-refractivity contribution in [3.05, 3.63) is 41.9 Å². The summed E-state index contributed by atoms with van der Waals surface area (Å²) in [4.78, 5) is 7.76. The van der Waals surface area contributed by atoms with Crippen LogP contribution in [0.2, 0.25) is 0 Å². The van der Waals surface area contributed by atoms with E-state index in [9.17, 15) is 0 Å². The van der Waals surface area contributed by atoms with Crippen LogP contribution in [0.1, 0.15) is 0 Å². The predicted molar refractivity (Wildman–Crippen MR) is 69.0 cm³/mol. The summed E-state index contributed by atoms with van der Waals surface area (Å²) in [6, 6.07) is 12.7. The number of thiazole rings is 1. The summed E-state index contributed by atoms with van der Waals surface area (Å²) in [6.07, 6.45) is 0. The number of rotatable bonds is 0. The Morgan fingerprint density at radius 3 is 2.94 bits per heavy atom. The molecule has 2 heterocycles. The van der Waals surface area contributed by atoms with Gasteiger partial charge in [-0.3, -0.25) is 0 Å². The number of H-pyrrole nitrogens is 1. The van der Waals surface area contributed by atoms with Gasteiger partial charge in [-0.15, -0.1) is 11.3 Å². The third-order valence-electron chi connectivity index (χ3n) is 2.96. The van der Waals surface area contributed by atoms with Crippen molar-refractivity contribution in [2.45, 2.75) is 0 Å². The highest BCUT2D eigenvalue weighted by Gasteiger charge is 2.06. The van der Waals surface area contributed by atoms with Crippen molar-refractivity contribution in [3.8, 4) is 0 Å². The zero-order valence-corrected chi connectivity index (χ0v) is 9.21. The van der Waals surface area contributed by atoms with Gasteiger partial charge in [0.05, 0.1) is 15.7 Å². The Balaban J connectivity index is 2.32. The summed E-state index contributed by atoms with van der Waals surface area (Å²) < 4.78 is 1.25. The smallest absolute Gasteiger partial charge is 0.0833 e. The Morgan fingerprint density at radius 2 is 1.94 bits per heavy atom. The van der Waals surface area contributed by atoms with E-state index < -0.39 is 0 Å². The molecule has 0 radical (unpaired) electrons. The number of fused-ring (bicyclic) bond motifs is 4. The van der Waals surface area contributed by atoms with Gasteiger partial charge in [-0.1, -0.05) is 18.2 Å². The molecule has 0 unspecified atom stereocenters. The van der Waals surface area contributed by atoms with Crippen LogP contribution in [0.4, 0.5) is 0 Å². The lowest BCUT2D eigenvalue weighted by Crippen LogP contribution is -1.69. The topological polar surface area (TPSA) is 28.7 Å². The van der Waals surface area contributed by atoms with Crippen LogP contribution in [0.3, 0.4) is 0 Å². The van der Waals surface area contributed by atoms with Gasteiger partial charge in [0.15, 0.2) is 0 Å². The largest absolute Gasteiger partial charge is 0.354 e. The first-order valence-electron chi connectivity index (χ1n) is 5.15. The van der Waals surface area contributed by atoms with E-state index in [0.717, 1.165) is 5.52 Å². The van der Waals surface area contributed by atoms with Crippen LogP contribution in [-0.2, 0) is 0 Å². The third kappa shape index (κ3) is 0.981. The first-order valence-corrected chi connectivity index (χ1v) is 6.03. The highest BCUT2D eigenvalue weighted by atomic mass is 32.1. The molecule has 2 aromatic carbocycles.